The van der Waals surface area contributed by atoms with Gasteiger partial charge in [-0.15, -0.1) is 0 Å². The van der Waals surface area contributed by atoms with Crippen molar-refractivity contribution in [1.82, 2.24) is 24.6 Å². The first-order valence-electron chi connectivity index (χ1n) is 11.6. The predicted molar refractivity (Wildman–Crippen MR) is 143 cm³/mol. The van der Waals surface area contributed by atoms with Crippen LogP contribution in [0.5, 0.6) is 11.9 Å². The lowest BCUT2D eigenvalue weighted by Gasteiger charge is -2.10. The van der Waals surface area contributed by atoms with Gasteiger partial charge in [-0.25, -0.2) is 17.9 Å². The number of benzene rings is 2. The monoisotopic (exact) mass is 545 g/mol. The van der Waals surface area contributed by atoms with Gasteiger partial charge in [-0.1, -0.05) is 29.8 Å². The molecular weight excluding hydrogens is 522 g/mol. The number of aromatic nitrogens is 5. The van der Waals surface area contributed by atoms with Crippen molar-refractivity contribution in [2.75, 3.05) is 24.3 Å². The SMILES string of the molecule is COc1cc(NS(=O)(=O)c2ccc(NC(=O)c3cnn4c(-c5ccc(C)cc5)ccnc34)cc2)nc(OC)n1. The standard InChI is InChI=1S/C26H23N7O5S/c1-16-4-6-17(7-5-16)21-12-13-27-24-20(15-28-33(21)24)25(34)29-18-8-10-19(11-9-18)39(35,36)32-22-14-23(37-2)31-26(30-22)38-3/h4-15H,1-3H3,(H,29,34)(H,30,31,32). The van der Waals surface area contributed by atoms with Crippen molar-refractivity contribution in [2.45, 2.75) is 11.8 Å². The minimum Gasteiger partial charge on any atom is -0.481 e. The first-order valence-corrected chi connectivity index (χ1v) is 13.1. The number of fused-ring (bicyclic) bond motifs is 1. The lowest BCUT2D eigenvalue weighted by atomic mass is 10.1. The summed E-state index contributed by atoms with van der Waals surface area (Å²) in [4.78, 5) is 25.3. The average molecular weight is 546 g/mol. The van der Waals surface area contributed by atoms with Crippen LogP contribution in [0.3, 0.4) is 0 Å². The van der Waals surface area contributed by atoms with Crippen LogP contribution in [0, 0.1) is 6.92 Å². The molecule has 0 aliphatic heterocycles. The van der Waals surface area contributed by atoms with Crippen LogP contribution in [0.2, 0.25) is 0 Å². The van der Waals surface area contributed by atoms with E-state index in [0.29, 0.717) is 11.3 Å². The smallest absolute Gasteiger partial charge is 0.321 e. The fourth-order valence-corrected chi connectivity index (χ4v) is 4.75. The zero-order chi connectivity index (χ0) is 27.6. The quantitative estimate of drug-likeness (QED) is 0.298. The van der Waals surface area contributed by atoms with E-state index in [4.69, 9.17) is 9.47 Å². The van der Waals surface area contributed by atoms with Crippen molar-refractivity contribution < 1.29 is 22.7 Å². The number of rotatable bonds is 8. The van der Waals surface area contributed by atoms with Gasteiger partial charge in [0.15, 0.2) is 11.5 Å². The van der Waals surface area contributed by atoms with Gasteiger partial charge in [0.2, 0.25) is 5.88 Å². The Morgan fingerprint density at radius 1 is 0.949 bits per heavy atom. The topological polar surface area (TPSA) is 150 Å². The van der Waals surface area contributed by atoms with Crippen molar-refractivity contribution in [3.8, 4) is 23.1 Å². The Hall–Kier alpha value is -5.04. The molecule has 2 N–H and O–H groups in total. The molecule has 0 aliphatic rings. The molecule has 5 aromatic rings. The number of nitrogens with zero attached hydrogens (tertiary/aromatic N) is 5. The van der Waals surface area contributed by atoms with Crippen molar-refractivity contribution in [3.05, 3.63) is 84.2 Å². The molecule has 0 fully saturated rings. The summed E-state index contributed by atoms with van der Waals surface area (Å²) in [5.74, 6) is -0.333. The second kappa shape index (κ2) is 10.4. The van der Waals surface area contributed by atoms with Gasteiger partial charge in [-0.3, -0.25) is 9.52 Å². The molecule has 1 amide bonds. The van der Waals surface area contributed by atoms with E-state index in [1.165, 1.54) is 50.7 Å². The van der Waals surface area contributed by atoms with Crippen LogP contribution in [0.15, 0.2) is 78.0 Å². The Bertz CT molecular complexity index is 1750. The Balaban J connectivity index is 1.34. The van der Waals surface area contributed by atoms with E-state index in [9.17, 15) is 13.2 Å². The maximum Gasteiger partial charge on any atom is 0.321 e. The molecular formula is C26H23N7O5S. The summed E-state index contributed by atoms with van der Waals surface area (Å²) in [5.41, 5.74) is 3.91. The first-order chi connectivity index (χ1) is 18.8. The summed E-state index contributed by atoms with van der Waals surface area (Å²) < 4.78 is 39.7. The number of nitrogens with one attached hydrogen (secondary N) is 2. The van der Waals surface area contributed by atoms with Gasteiger partial charge in [-0.05, 0) is 37.3 Å². The molecule has 5 rings (SSSR count). The van der Waals surface area contributed by atoms with Gasteiger partial charge in [0.05, 0.1) is 31.0 Å². The van der Waals surface area contributed by atoms with E-state index in [2.05, 4.69) is 30.1 Å². The van der Waals surface area contributed by atoms with Crippen LogP contribution in [0.4, 0.5) is 11.5 Å². The van der Waals surface area contributed by atoms with E-state index >= 15 is 0 Å². The molecule has 0 atom stereocenters. The summed E-state index contributed by atoms with van der Waals surface area (Å²) in [7, 11) is -1.26. The highest BCUT2D eigenvalue weighted by Gasteiger charge is 2.19. The van der Waals surface area contributed by atoms with E-state index in [1.54, 1.807) is 10.7 Å². The summed E-state index contributed by atoms with van der Waals surface area (Å²) in [6.45, 7) is 2.01. The van der Waals surface area contributed by atoms with Gasteiger partial charge >= 0.3 is 6.01 Å². The number of hydrogen-bond donors (Lipinski definition) is 2. The highest BCUT2D eigenvalue weighted by molar-refractivity contribution is 7.92. The van der Waals surface area contributed by atoms with Gasteiger partial charge in [0.25, 0.3) is 15.9 Å². The molecule has 3 aromatic heterocycles. The number of carbonyl (C=O) groups excluding carboxylic acids is 1. The third-order valence-electron chi connectivity index (χ3n) is 5.73. The van der Waals surface area contributed by atoms with Gasteiger partial charge in [-0.2, -0.15) is 15.1 Å². The number of methoxy groups -OCH3 is 2. The van der Waals surface area contributed by atoms with E-state index < -0.39 is 15.9 Å². The second-order valence-electron chi connectivity index (χ2n) is 8.36. The number of aryl methyl sites for hydroxylation is 1. The molecule has 0 saturated heterocycles. The molecule has 0 unspecified atom stereocenters. The molecule has 198 valence electrons. The minimum absolute atomic E-state index is 0.0262. The molecule has 3 heterocycles. The maximum absolute atomic E-state index is 13.1. The third-order valence-corrected chi connectivity index (χ3v) is 7.10. The van der Waals surface area contributed by atoms with Crippen molar-refractivity contribution in [2.24, 2.45) is 0 Å². The Morgan fingerprint density at radius 3 is 2.38 bits per heavy atom. The van der Waals surface area contributed by atoms with Crippen molar-refractivity contribution in [1.29, 1.82) is 0 Å². The van der Waals surface area contributed by atoms with Crippen molar-refractivity contribution >= 4 is 33.1 Å². The van der Waals surface area contributed by atoms with Crippen LogP contribution < -0.4 is 19.5 Å². The molecule has 0 aliphatic carbocycles. The highest BCUT2D eigenvalue weighted by atomic mass is 32.2. The summed E-state index contributed by atoms with van der Waals surface area (Å²) in [6.07, 6.45) is 3.07. The largest absolute Gasteiger partial charge is 0.481 e. The third kappa shape index (κ3) is 5.33. The van der Waals surface area contributed by atoms with Gasteiger partial charge < -0.3 is 14.8 Å². The normalized spacial score (nSPS) is 11.3. The lowest BCUT2D eigenvalue weighted by Crippen LogP contribution is -2.15. The number of anilines is 2. The zero-order valence-electron chi connectivity index (χ0n) is 21.1. The van der Waals surface area contributed by atoms with E-state index in [0.717, 1.165) is 16.8 Å². The number of carbonyl (C=O) groups is 1. The zero-order valence-corrected chi connectivity index (χ0v) is 21.9. The second-order valence-corrected chi connectivity index (χ2v) is 10.0. The molecule has 0 bridgehead atoms. The van der Waals surface area contributed by atoms with Gasteiger partial charge in [0, 0.05) is 23.5 Å². The lowest BCUT2D eigenvalue weighted by molar-refractivity contribution is 0.102. The molecule has 0 spiro atoms. The van der Waals surface area contributed by atoms with Crippen LogP contribution in [-0.2, 0) is 10.0 Å². The summed E-state index contributed by atoms with van der Waals surface area (Å²) in [6, 6.07) is 16.7. The fourth-order valence-electron chi connectivity index (χ4n) is 3.76. The highest BCUT2D eigenvalue weighted by Crippen LogP contribution is 2.24. The number of amides is 1. The molecule has 0 radical (unpaired) electrons. The number of hydrogen-bond acceptors (Lipinski definition) is 9. The molecule has 12 nitrogen and oxygen atoms in total. The van der Waals surface area contributed by atoms with E-state index in [1.807, 2.05) is 37.3 Å². The average Bonchev–Trinajstić information content (AvgIpc) is 3.38. The molecule has 2 aromatic carbocycles. The van der Waals surface area contributed by atoms with E-state index in [-0.39, 0.29) is 28.2 Å². The maximum atomic E-state index is 13.1. The van der Waals surface area contributed by atoms with Crippen molar-refractivity contribution in [3.63, 3.8) is 0 Å². The molecule has 39 heavy (non-hydrogen) atoms. The number of ether oxygens (including phenoxy) is 2. The first kappa shape index (κ1) is 25.6. The van der Waals surface area contributed by atoms with Crippen LogP contribution >= 0.6 is 0 Å². The summed E-state index contributed by atoms with van der Waals surface area (Å²) >= 11 is 0. The molecule has 13 heteroatoms. The fraction of sp³-hybridized carbons (Fsp3) is 0.115. The predicted octanol–water partition coefficient (Wildman–Crippen LogP) is 3.57. The molecule has 0 saturated carbocycles. The summed E-state index contributed by atoms with van der Waals surface area (Å²) in [5, 5.41) is 7.13. The van der Waals surface area contributed by atoms with Crippen LogP contribution in [0.1, 0.15) is 15.9 Å². The van der Waals surface area contributed by atoms with Crippen LogP contribution in [-0.4, -0.2) is 53.1 Å². The van der Waals surface area contributed by atoms with Gasteiger partial charge in [0.1, 0.15) is 5.56 Å². The number of sulfonamides is 1. The minimum atomic E-state index is -4.00. The Morgan fingerprint density at radius 2 is 1.69 bits per heavy atom. The Labute approximate surface area is 223 Å². The Kier molecular flexibility index (Phi) is 6.81. The van der Waals surface area contributed by atoms with Crippen LogP contribution in [0.25, 0.3) is 16.9 Å².